The Balaban J connectivity index is 2.16. The van der Waals surface area contributed by atoms with Crippen LogP contribution >= 0.6 is 0 Å². The van der Waals surface area contributed by atoms with Crippen LogP contribution in [0.25, 0.3) is 0 Å². The van der Waals surface area contributed by atoms with E-state index in [2.05, 4.69) is 10.2 Å². The number of carbonyl (C=O) groups is 3. The van der Waals surface area contributed by atoms with Crippen LogP contribution in [-0.4, -0.2) is 36.4 Å². The molecule has 1 aromatic rings. The first kappa shape index (κ1) is 16.8. The maximum absolute atomic E-state index is 12.5. The van der Waals surface area contributed by atoms with Gasteiger partial charge in [-0.1, -0.05) is 0 Å². The first-order valence-corrected chi connectivity index (χ1v) is 6.59. The summed E-state index contributed by atoms with van der Waals surface area (Å²) in [6, 6.07) is 3.58. The zero-order valence-electron chi connectivity index (χ0n) is 12.0. The van der Waals surface area contributed by atoms with Crippen LogP contribution in [0.2, 0.25) is 0 Å². The Labute approximate surface area is 129 Å². The molecule has 124 valence electrons. The first-order valence-electron chi connectivity index (χ1n) is 6.59. The molecular weight excluding hydrogens is 317 g/mol. The van der Waals surface area contributed by atoms with Gasteiger partial charge in [0.15, 0.2) is 0 Å². The molecule has 1 unspecified atom stereocenters. The largest absolute Gasteiger partial charge is 0.469 e. The van der Waals surface area contributed by atoms with Crippen molar-refractivity contribution in [1.29, 1.82) is 0 Å². The van der Waals surface area contributed by atoms with Gasteiger partial charge in [0.25, 0.3) is 5.91 Å². The quantitative estimate of drug-likeness (QED) is 0.831. The molecule has 2 rings (SSSR count). The van der Waals surface area contributed by atoms with Gasteiger partial charge in [-0.05, 0) is 24.3 Å². The highest BCUT2D eigenvalue weighted by atomic mass is 19.4. The normalized spacial score (nSPS) is 18.3. The molecule has 2 amide bonds. The van der Waals surface area contributed by atoms with Crippen LogP contribution < -0.4 is 5.43 Å². The molecule has 0 spiro atoms. The van der Waals surface area contributed by atoms with Gasteiger partial charge in [0.05, 0.1) is 25.1 Å². The molecule has 1 atom stereocenters. The molecule has 1 heterocycles. The topological polar surface area (TPSA) is 75.7 Å². The van der Waals surface area contributed by atoms with Crippen LogP contribution in [0.3, 0.4) is 0 Å². The van der Waals surface area contributed by atoms with Crippen LogP contribution in [0.1, 0.15) is 22.3 Å². The third-order valence-electron chi connectivity index (χ3n) is 3.33. The fourth-order valence-electron chi connectivity index (χ4n) is 2.17. The van der Waals surface area contributed by atoms with Crippen molar-refractivity contribution in [3.63, 3.8) is 0 Å². The lowest BCUT2D eigenvalue weighted by molar-refractivity contribution is -0.151. The average Bonchev–Trinajstić information content (AvgIpc) is 2.52. The fraction of sp³-hybridized carbons (Fsp3) is 0.357. The van der Waals surface area contributed by atoms with E-state index >= 15 is 0 Å². The average molecular weight is 330 g/mol. The van der Waals surface area contributed by atoms with E-state index in [0.717, 1.165) is 36.4 Å². The highest BCUT2D eigenvalue weighted by molar-refractivity contribution is 5.97. The molecule has 9 heteroatoms. The molecule has 1 aliphatic rings. The number of ether oxygens (including phenoxy) is 1. The summed E-state index contributed by atoms with van der Waals surface area (Å²) in [7, 11) is 1.16. The highest BCUT2D eigenvalue weighted by Crippen LogP contribution is 2.29. The van der Waals surface area contributed by atoms with Crippen molar-refractivity contribution in [2.24, 2.45) is 5.92 Å². The van der Waals surface area contributed by atoms with Crippen LogP contribution in [0.4, 0.5) is 13.2 Å². The lowest BCUT2D eigenvalue weighted by Crippen LogP contribution is -2.54. The van der Waals surface area contributed by atoms with Crippen LogP contribution in [0, 0.1) is 5.92 Å². The van der Waals surface area contributed by atoms with Gasteiger partial charge in [-0.2, -0.15) is 13.2 Å². The molecule has 1 fully saturated rings. The number of nitrogens with zero attached hydrogens (tertiary/aromatic N) is 1. The van der Waals surface area contributed by atoms with Gasteiger partial charge in [-0.3, -0.25) is 19.8 Å². The second-order valence-corrected chi connectivity index (χ2v) is 4.95. The molecule has 6 nitrogen and oxygen atoms in total. The molecule has 0 radical (unpaired) electrons. The maximum Gasteiger partial charge on any atom is 0.416 e. The van der Waals surface area contributed by atoms with Crippen molar-refractivity contribution < 1.29 is 32.3 Å². The number of esters is 1. The van der Waals surface area contributed by atoms with E-state index in [1.165, 1.54) is 0 Å². The van der Waals surface area contributed by atoms with Crippen molar-refractivity contribution in [3.8, 4) is 0 Å². The molecule has 0 aromatic heterocycles. The molecule has 0 bridgehead atoms. The number of alkyl halides is 3. The Morgan fingerprint density at radius 1 is 1.26 bits per heavy atom. The Morgan fingerprint density at radius 3 is 2.39 bits per heavy atom. The predicted molar refractivity (Wildman–Crippen MR) is 70.7 cm³/mol. The molecule has 0 aliphatic carbocycles. The minimum Gasteiger partial charge on any atom is -0.469 e. The van der Waals surface area contributed by atoms with Crippen LogP contribution in [-0.2, 0) is 20.5 Å². The summed E-state index contributed by atoms with van der Waals surface area (Å²) in [5.74, 6) is -2.70. The monoisotopic (exact) mass is 330 g/mol. The Bertz CT molecular complexity index is 628. The van der Waals surface area contributed by atoms with Crippen molar-refractivity contribution in [1.82, 2.24) is 10.4 Å². The molecule has 1 aliphatic heterocycles. The van der Waals surface area contributed by atoms with Gasteiger partial charge in [-0.15, -0.1) is 0 Å². The zero-order chi connectivity index (χ0) is 17.2. The number of halogens is 3. The van der Waals surface area contributed by atoms with E-state index in [9.17, 15) is 27.6 Å². The molecule has 1 saturated heterocycles. The summed E-state index contributed by atoms with van der Waals surface area (Å²) in [5.41, 5.74) is 1.36. The van der Waals surface area contributed by atoms with E-state index in [-0.39, 0.29) is 18.5 Å². The van der Waals surface area contributed by atoms with Crippen molar-refractivity contribution in [3.05, 3.63) is 35.4 Å². The standard InChI is InChI=1S/C14H13F3N2O4/c1-23-13(22)9-6-11(20)18-19(7-9)12(21)8-2-4-10(5-3-8)14(15,16)17/h2-5,9H,6-7H2,1H3,(H,18,20). The summed E-state index contributed by atoms with van der Waals surface area (Å²) in [4.78, 5) is 35.3. The summed E-state index contributed by atoms with van der Waals surface area (Å²) in [6.07, 6.45) is -4.62. The van der Waals surface area contributed by atoms with Crippen LogP contribution in [0.15, 0.2) is 24.3 Å². The second-order valence-electron chi connectivity index (χ2n) is 4.95. The zero-order valence-corrected chi connectivity index (χ0v) is 12.0. The van der Waals surface area contributed by atoms with E-state index in [4.69, 9.17) is 0 Å². The highest BCUT2D eigenvalue weighted by Gasteiger charge is 2.34. The molecule has 23 heavy (non-hydrogen) atoms. The molecular formula is C14H13F3N2O4. The third kappa shape index (κ3) is 3.79. The summed E-state index contributed by atoms with van der Waals surface area (Å²) in [6.45, 7) is -0.113. The summed E-state index contributed by atoms with van der Waals surface area (Å²) >= 11 is 0. The number of nitrogens with one attached hydrogen (secondary N) is 1. The van der Waals surface area contributed by atoms with E-state index in [0.29, 0.717) is 0 Å². The smallest absolute Gasteiger partial charge is 0.416 e. The number of rotatable bonds is 2. The molecule has 1 N–H and O–H groups in total. The lowest BCUT2D eigenvalue weighted by atomic mass is 10.0. The second kappa shape index (κ2) is 6.27. The fourth-order valence-corrected chi connectivity index (χ4v) is 2.17. The summed E-state index contributed by atoms with van der Waals surface area (Å²) in [5, 5.41) is 0.899. The predicted octanol–water partition coefficient (Wildman–Crippen LogP) is 1.37. The number of benzene rings is 1. The van der Waals surface area contributed by atoms with Crippen molar-refractivity contribution in [2.45, 2.75) is 12.6 Å². The number of hydrazine groups is 1. The van der Waals surface area contributed by atoms with Crippen molar-refractivity contribution in [2.75, 3.05) is 13.7 Å². The number of methoxy groups -OCH3 is 1. The maximum atomic E-state index is 12.5. The van der Waals surface area contributed by atoms with Crippen LogP contribution in [0.5, 0.6) is 0 Å². The Morgan fingerprint density at radius 2 is 1.87 bits per heavy atom. The number of amides is 2. The Hall–Kier alpha value is -2.58. The summed E-state index contributed by atoms with van der Waals surface area (Å²) < 4.78 is 42.0. The van der Waals surface area contributed by atoms with Gasteiger partial charge >= 0.3 is 12.1 Å². The Kier molecular flexibility index (Phi) is 4.57. The molecule has 0 saturated carbocycles. The first-order chi connectivity index (χ1) is 10.7. The lowest BCUT2D eigenvalue weighted by Gasteiger charge is -2.31. The van der Waals surface area contributed by atoms with Gasteiger partial charge in [0, 0.05) is 12.0 Å². The third-order valence-corrected chi connectivity index (χ3v) is 3.33. The van der Waals surface area contributed by atoms with E-state index < -0.39 is 35.4 Å². The van der Waals surface area contributed by atoms with Gasteiger partial charge in [0.2, 0.25) is 5.91 Å². The van der Waals surface area contributed by atoms with Gasteiger partial charge in [-0.25, -0.2) is 5.01 Å². The number of hydrogen-bond acceptors (Lipinski definition) is 4. The SMILES string of the molecule is COC(=O)C1CC(=O)NN(C(=O)c2ccc(C(F)(F)F)cc2)C1. The van der Waals surface area contributed by atoms with E-state index in [1.54, 1.807) is 0 Å². The molecule has 1 aromatic carbocycles. The van der Waals surface area contributed by atoms with Gasteiger partial charge < -0.3 is 4.74 Å². The van der Waals surface area contributed by atoms with E-state index in [1.807, 2.05) is 0 Å². The number of hydrogen-bond donors (Lipinski definition) is 1. The minimum atomic E-state index is -4.50. The number of carbonyl (C=O) groups excluding carboxylic acids is 3. The minimum absolute atomic E-state index is 0.0381. The van der Waals surface area contributed by atoms with Crippen molar-refractivity contribution >= 4 is 17.8 Å². The van der Waals surface area contributed by atoms with Gasteiger partial charge in [0.1, 0.15) is 0 Å².